The van der Waals surface area contributed by atoms with Crippen molar-refractivity contribution in [1.82, 2.24) is 10.3 Å². The first-order chi connectivity index (χ1) is 14.9. The summed E-state index contributed by atoms with van der Waals surface area (Å²) in [6.07, 6.45) is 1.56. The summed E-state index contributed by atoms with van der Waals surface area (Å²) in [5.41, 5.74) is 3.80. The molecule has 1 N–H and O–H groups in total. The zero-order chi connectivity index (χ0) is 22.3. The van der Waals surface area contributed by atoms with Crippen LogP contribution in [0.25, 0.3) is 0 Å². The minimum absolute atomic E-state index is 0.110. The number of hydrogen-bond acceptors (Lipinski definition) is 6. The Morgan fingerprint density at radius 3 is 2.35 bits per heavy atom. The highest BCUT2D eigenvalue weighted by Gasteiger charge is 2.27. The lowest BCUT2D eigenvalue weighted by Gasteiger charge is -2.24. The largest absolute Gasteiger partial charge is 0.494 e. The molecule has 1 fully saturated rings. The Bertz CT molecular complexity index is 998. The van der Waals surface area contributed by atoms with Gasteiger partial charge in [0.15, 0.2) is 0 Å². The van der Waals surface area contributed by atoms with Crippen LogP contribution in [0.1, 0.15) is 19.8 Å². The van der Waals surface area contributed by atoms with Gasteiger partial charge in [0.25, 0.3) is 15.9 Å². The first-order valence-corrected chi connectivity index (χ1v) is 11.7. The Morgan fingerprint density at radius 2 is 1.74 bits per heavy atom. The molecule has 0 spiro atoms. The number of piperidine rings is 1. The number of benzene rings is 2. The monoisotopic (exact) mass is 444 g/mol. The summed E-state index contributed by atoms with van der Waals surface area (Å²) >= 11 is 0. The Kier molecular flexibility index (Phi) is 7.64. The van der Waals surface area contributed by atoms with Crippen LogP contribution in [-0.2, 0) is 14.8 Å². The number of amides is 1. The van der Waals surface area contributed by atoms with E-state index >= 15 is 0 Å². The molecule has 1 saturated heterocycles. The fourth-order valence-corrected chi connectivity index (χ4v) is 4.65. The van der Waals surface area contributed by atoms with E-state index in [1.807, 2.05) is 14.0 Å². The Balaban J connectivity index is 1.82. The molecule has 1 amide bonds. The Morgan fingerprint density at radius 1 is 1.10 bits per heavy atom. The second kappa shape index (κ2) is 10.4. The number of rotatable bonds is 8. The molecule has 1 heterocycles. The van der Waals surface area contributed by atoms with Gasteiger partial charge in [0.1, 0.15) is 12.3 Å². The van der Waals surface area contributed by atoms with E-state index in [0.29, 0.717) is 18.0 Å². The number of nitrogens with zero attached hydrogens (tertiary/aromatic N) is 3. The van der Waals surface area contributed by atoms with Crippen LogP contribution >= 0.6 is 0 Å². The summed E-state index contributed by atoms with van der Waals surface area (Å²) in [5.74, 6) is 0.126. The molecule has 2 aromatic carbocycles. The van der Waals surface area contributed by atoms with Crippen molar-refractivity contribution in [1.29, 1.82) is 0 Å². The number of ether oxygens (including phenoxy) is 1. The Labute approximate surface area is 183 Å². The normalized spacial score (nSPS) is 14.7. The summed E-state index contributed by atoms with van der Waals surface area (Å²) in [6.45, 7) is 3.76. The smallest absolute Gasteiger partial charge is 0.264 e. The van der Waals surface area contributed by atoms with Crippen molar-refractivity contribution in [3.05, 3.63) is 54.6 Å². The first kappa shape index (κ1) is 22.8. The number of hydrogen-bond donors (Lipinski definition) is 1. The van der Waals surface area contributed by atoms with E-state index in [-0.39, 0.29) is 11.4 Å². The van der Waals surface area contributed by atoms with Crippen LogP contribution in [0.4, 0.5) is 5.69 Å². The molecule has 1 aliphatic rings. The van der Waals surface area contributed by atoms with Crippen LogP contribution in [0.5, 0.6) is 5.75 Å². The van der Waals surface area contributed by atoms with E-state index in [4.69, 9.17) is 4.74 Å². The minimum Gasteiger partial charge on any atom is -0.494 e. The van der Waals surface area contributed by atoms with Gasteiger partial charge in [-0.15, -0.1) is 0 Å². The Hall–Kier alpha value is -2.91. The predicted octanol–water partition coefficient (Wildman–Crippen LogP) is 2.48. The molecular weight excluding hydrogens is 416 g/mol. The van der Waals surface area contributed by atoms with E-state index in [1.165, 1.54) is 12.1 Å². The molecule has 8 nitrogen and oxygen atoms in total. The summed E-state index contributed by atoms with van der Waals surface area (Å²) < 4.78 is 33.1. The van der Waals surface area contributed by atoms with Gasteiger partial charge in [0, 0.05) is 31.6 Å². The van der Waals surface area contributed by atoms with Crippen LogP contribution in [0.15, 0.2) is 64.6 Å². The van der Waals surface area contributed by atoms with Crippen LogP contribution in [0.3, 0.4) is 0 Å². The molecule has 0 radical (unpaired) electrons. The van der Waals surface area contributed by atoms with Crippen molar-refractivity contribution < 1.29 is 17.9 Å². The van der Waals surface area contributed by atoms with E-state index in [9.17, 15) is 13.2 Å². The maximum absolute atomic E-state index is 13.3. The van der Waals surface area contributed by atoms with Crippen molar-refractivity contribution in [2.75, 3.05) is 37.6 Å². The first-order valence-electron chi connectivity index (χ1n) is 10.2. The second-order valence-corrected chi connectivity index (χ2v) is 9.13. The lowest BCUT2D eigenvalue weighted by atomic mass is 10.1. The molecular formula is C22H28N4O4S. The third-order valence-corrected chi connectivity index (χ3v) is 6.75. The average molecular weight is 445 g/mol. The van der Waals surface area contributed by atoms with Gasteiger partial charge < -0.3 is 9.64 Å². The number of carbonyl (C=O) groups is 1. The molecule has 0 atom stereocenters. The highest BCUT2D eigenvalue weighted by Crippen LogP contribution is 2.25. The van der Waals surface area contributed by atoms with Crippen LogP contribution < -0.4 is 14.5 Å². The fraction of sp³-hybridized carbons (Fsp3) is 0.364. The zero-order valence-corrected chi connectivity index (χ0v) is 18.6. The van der Waals surface area contributed by atoms with Crippen molar-refractivity contribution in [3.63, 3.8) is 0 Å². The molecule has 0 bridgehead atoms. The van der Waals surface area contributed by atoms with Crippen molar-refractivity contribution in [2.24, 2.45) is 5.10 Å². The lowest BCUT2D eigenvalue weighted by molar-refractivity contribution is -0.119. The van der Waals surface area contributed by atoms with Crippen molar-refractivity contribution >= 4 is 27.3 Å². The summed E-state index contributed by atoms with van der Waals surface area (Å²) in [7, 11) is -1.91. The van der Waals surface area contributed by atoms with E-state index in [0.717, 1.165) is 35.9 Å². The van der Waals surface area contributed by atoms with E-state index in [2.05, 4.69) is 15.4 Å². The number of likely N-dealkylation sites (tertiary alicyclic amines) is 1. The van der Waals surface area contributed by atoms with Crippen LogP contribution in [-0.4, -0.2) is 58.2 Å². The molecule has 9 heteroatoms. The highest BCUT2D eigenvalue weighted by molar-refractivity contribution is 7.92. The van der Waals surface area contributed by atoms with Gasteiger partial charge >= 0.3 is 0 Å². The molecule has 1 aliphatic heterocycles. The molecule has 0 aromatic heterocycles. The number of hydrazone groups is 1. The highest BCUT2D eigenvalue weighted by atomic mass is 32.2. The third-order valence-electron chi connectivity index (χ3n) is 4.96. The van der Waals surface area contributed by atoms with Crippen LogP contribution in [0.2, 0.25) is 0 Å². The topological polar surface area (TPSA) is 91.3 Å². The maximum atomic E-state index is 13.3. The molecule has 0 saturated carbocycles. The molecule has 0 aliphatic carbocycles. The summed E-state index contributed by atoms with van der Waals surface area (Å²) in [6, 6.07) is 14.7. The van der Waals surface area contributed by atoms with Crippen molar-refractivity contribution in [3.8, 4) is 5.75 Å². The maximum Gasteiger partial charge on any atom is 0.264 e. The van der Waals surface area contributed by atoms with Gasteiger partial charge in [-0.1, -0.05) is 18.2 Å². The summed E-state index contributed by atoms with van der Waals surface area (Å²) in [5, 5.41) is 4.21. The standard InChI is InChI=1S/C22H28N4O4S/c1-3-30-20-11-9-19(10-12-20)26(31(28,29)21-7-5-4-6-8-21)17-22(27)24-23-18-13-15-25(2)16-14-18/h4-12H,3,13-17H2,1-2H3,(H,24,27). The molecule has 31 heavy (non-hydrogen) atoms. The van der Waals surface area contributed by atoms with Gasteiger partial charge in [-0.3, -0.25) is 9.10 Å². The minimum atomic E-state index is -3.95. The summed E-state index contributed by atoms with van der Waals surface area (Å²) in [4.78, 5) is 14.9. The van der Waals surface area contributed by atoms with E-state index in [1.54, 1.807) is 42.5 Å². The van der Waals surface area contributed by atoms with Gasteiger partial charge in [-0.2, -0.15) is 5.10 Å². The van der Waals surface area contributed by atoms with Gasteiger partial charge in [0.2, 0.25) is 0 Å². The zero-order valence-electron chi connectivity index (χ0n) is 17.8. The lowest BCUT2D eigenvalue weighted by Crippen LogP contribution is -2.40. The quantitative estimate of drug-likeness (QED) is 0.632. The average Bonchev–Trinajstić information content (AvgIpc) is 2.78. The molecule has 166 valence electrons. The van der Waals surface area contributed by atoms with Crippen molar-refractivity contribution in [2.45, 2.75) is 24.7 Å². The number of carbonyl (C=O) groups excluding carboxylic acids is 1. The van der Waals surface area contributed by atoms with Gasteiger partial charge in [-0.05, 0) is 50.4 Å². The molecule has 2 aromatic rings. The molecule has 0 unspecified atom stereocenters. The predicted molar refractivity (Wildman–Crippen MR) is 121 cm³/mol. The van der Waals surface area contributed by atoms with Gasteiger partial charge in [-0.25, -0.2) is 13.8 Å². The second-order valence-electron chi connectivity index (χ2n) is 7.27. The number of nitrogens with one attached hydrogen (secondary N) is 1. The fourth-order valence-electron chi connectivity index (χ4n) is 3.21. The van der Waals surface area contributed by atoms with Crippen LogP contribution in [0, 0.1) is 0 Å². The number of sulfonamides is 1. The number of anilines is 1. The van der Waals surface area contributed by atoms with Gasteiger partial charge in [0.05, 0.1) is 17.2 Å². The third kappa shape index (κ3) is 6.05. The SMILES string of the molecule is CCOc1ccc(N(CC(=O)NN=C2CCN(C)CC2)S(=O)(=O)c2ccccc2)cc1. The van der Waals surface area contributed by atoms with E-state index < -0.39 is 15.9 Å². The molecule has 3 rings (SSSR count).